The van der Waals surface area contributed by atoms with E-state index in [9.17, 15) is 4.79 Å². The first-order valence-corrected chi connectivity index (χ1v) is 4.16. The molecule has 0 saturated heterocycles. The quantitative estimate of drug-likeness (QED) is 0.678. The zero-order chi connectivity index (χ0) is 8.97. The highest BCUT2D eigenvalue weighted by Crippen LogP contribution is 1.95. The summed E-state index contributed by atoms with van der Waals surface area (Å²) in [5.41, 5.74) is 0.292. The van der Waals surface area contributed by atoms with Crippen molar-refractivity contribution in [2.24, 2.45) is 0 Å². The molecule has 0 aliphatic rings. The molecular weight excluding hydrogens is 178 g/mol. The molecule has 5 nitrogen and oxygen atoms in total. The van der Waals surface area contributed by atoms with Crippen LogP contribution in [0.15, 0.2) is 6.20 Å². The van der Waals surface area contributed by atoms with E-state index in [4.69, 9.17) is 5.11 Å². The normalized spacial score (nSPS) is 12.5. The van der Waals surface area contributed by atoms with Crippen LogP contribution in [0.1, 0.15) is 17.4 Å². The van der Waals surface area contributed by atoms with Crippen molar-refractivity contribution in [3.05, 3.63) is 11.9 Å². The van der Waals surface area contributed by atoms with Crippen LogP contribution in [-0.2, 0) is 0 Å². The predicted octanol–water partition coefficient (Wildman–Crippen LogP) is -0.351. The molecule has 0 unspecified atom stereocenters. The Morgan fingerprint density at radius 3 is 3.17 bits per heavy atom. The van der Waals surface area contributed by atoms with Gasteiger partial charge in [0, 0.05) is 6.04 Å². The van der Waals surface area contributed by atoms with Crippen LogP contribution >= 0.6 is 11.7 Å². The van der Waals surface area contributed by atoms with Crippen molar-refractivity contribution in [2.45, 2.75) is 13.0 Å². The van der Waals surface area contributed by atoms with Crippen LogP contribution in [0.3, 0.4) is 0 Å². The van der Waals surface area contributed by atoms with Gasteiger partial charge in [-0.25, -0.2) is 0 Å². The number of aliphatic hydroxyl groups is 1. The van der Waals surface area contributed by atoms with Crippen LogP contribution in [0.25, 0.3) is 0 Å². The van der Waals surface area contributed by atoms with E-state index in [0.29, 0.717) is 5.69 Å². The van der Waals surface area contributed by atoms with Gasteiger partial charge in [-0.05, 0) is 6.92 Å². The Hall–Kier alpha value is -1.01. The molecule has 0 bridgehead atoms. The fraction of sp³-hybridized carbons (Fsp3) is 0.500. The van der Waals surface area contributed by atoms with Gasteiger partial charge in [-0.1, -0.05) is 0 Å². The zero-order valence-electron chi connectivity index (χ0n) is 6.52. The minimum Gasteiger partial charge on any atom is -0.394 e. The van der Waals surface area contributed by atoms with Crippen molar-refractivity contribution in [1.29, 1.82) is 0 Å². The van der Waals surface area contributed by atoms with Crippen LogP contribution < -0.4 is 5.32 Å². The first-order chi connectivity index (χ1) is 5.74. The standard InChI is InChI=1S/C6H9N3O2S/c1-4(3-10)8-6(11)5-2-7-12-9-5/h2,4,10H,3H2,1H3,(H,8,11)/t4-/m1/s1. The summed E-state index contributed by atoms with van der Waals surface area (Å²) in [4.78, 5) is 11.2. The molecule has 0 fully saturated rings. The average Bonchev–Trinajstić information content (AvgIpc) is 2.56. The Labute approximate surface area is 73.8 Å². The maximum absolute atomic E-state index is 11.2. The van der Waals surface area contributed by atoms with Gasteiger partial charge < -0.3 is 10.4 Å². The Morgan fingerprint density at radius 2 is 2.67 bits per heavy atom. The van der Waals surface area contributed by atoms with Crippen molar-refractivity contribution in [2.75, 3.05) is 6.61 Å². The third-order valence-corrected chi connectivity index (χ3v) is 1.72. The number of aliphatic hydroxyl groups excluding tert-OH is 1. The molecular formula is C6H9N3O2S. The summed E-state index contributed by atoms with van der Waals surface area (Å²) in [6.07, 6.45) is 1.39. The van der Waals surface area contributed by atoms with Gasteiger partial charge in [-0.3, -0.25) is 4.79 Å². The van der Waals surface area contributed by atoms with Gasteiger partial charge in [-0.2, -0.15) is 8.75 Å². The molecule has 1 rings (SSSR count). The zero-order valence-corrected chi connectivity index (χ0v) is 7.34. The van der Waals surface area contributed by atoms with Crippen molar-refractivity contribution in [3.63, 3.8) is 0 Å². The lowest BCUT2D eigenvalue weighted by molar-refractivity contribution is 0.0918. The SMILES string of the molecule is C[C@H](CO)NC(=O)c1cnsn1. The summed E-state index contributed by atoms with van der Waals surface area (Å²) < 4.78 is 7.42. The molecule has 0 radical (unpaired) electrons. The fourth-order valence-electron chi connectivity index (χ4n) is 0.608. The van der Waals surface area contributed by atoms with Gasteiger partial charge in [0.1, 0.15) is 0 Å². The van der Waals surface area contributed by atoms with Crippen LogP contribution in [-0.4, -0.2) is 32.4 Å². The van der Waals surface area contributed by atoms with E-state index in [2.05, 4.69) is 14.1 Å². The van der Waals surface area contributed by atoms with Crippen molar-refractivity contribution >= 4 is 17.6 Å². The molecule has 2 N–H and O–H groups in total. The number of amides is 1. The second-order valence-electron chi connectivity index (χ2n) is 2.35. The third kappa shape index (κ3) is 2.24. The first kappa shape index (κ1) is 9.08. The average molecular weight is 187 g/mol. The molecule has 0 aliphatic heterocycles. The molecule has 0 saturated carbocycles. The van der Waals surface area contributed by atoms with E-state index in [1.54, 1.807) is 6.92 Å². The Kier molecular flexibility index (Phi) is 3.12. The highest BCUT2D eigenvalue weighted by Gasteiger charge is 2.10. The summed E-state index contributed by atoms with van der Waals surface area (Å²) in [7, 11) is 0. The molecule has 0 aromatic carbocycles. The van der Waals surface area contributed by atoms with E-state index in [-0.39, 0.29) is 18.6 Å². The van der Waals surface area contributed by atoms with Crippen molar-refractivity contribution in [3.8, 4) is 0 Å². The number of hydrogen-bond acceptors (Lipinski definition) is 5. The number of carbonyl (C=O) groups excluding carboxylic acids is 1. The van der Waals surface area contributed by atoms with E-state index in [1.807, 2.05) is 0 Å². The van der Waals surface area contributed by atoms with E-state index < -0.39 is 0 Å². The Balaban J connectivity index is 2.50. The maximum atomic E-state index is 11.2. The molecule has 1 aromatic heterocycles. The summed E-state index contributed by atoms with van der Waals surface area (Å²) >= 11 is 0.979. The van der Waals surface area contributed by atoms with Gasteiger partial charge in [0.05, 0.1) is 24.5 Å². The van der Waals surface area contributed by atoms with Gasteiger partial charge >= 0.3 is 0 Å². The third-order valence-electron chi connectivity index (χ3n) is 1.25. The molecule has 1 atom stereocenters. The summed E-state index contributed by atoms with van der Waals surface area (Å²) in [6.45, 7) is 1.63. The van der Waals surface area contributed by atoms with Crippen molar-refractivity contribution in [1.82, 2.24) is 14.1 Å². The molecule has 12 heavy (non-hydrogen) atoms. The smallest absolute Gasteiger partial charge is 0.272 e. The highest BCUT2D eigenvalue weighted by atomic mass is 32.1. The van der Waals surface area contributed by atoms with E-state index in [1.165, 1.54) is 6.20 Å². The number of carbonyl (C=O) groups is 1. The molecule has 0 aliphatic carbocycles. The van der Waals surface area contributed by atoms with Crippen LogP contribution in [0, 0.1) is 0 Å². The van der Waals surface area contributed by atoms with E-state index in [0.717, 1.165) is 11.7 Å². The minimum atomic E-state index is -0.301. The summed E-state index contributed by atoms with van der Waals surface area (Å²) in [6, 6.07) is -0.251. The summed E-state index contributed by atoms with van der Waals surface area (Å²) in [5, 5.41) is 11.2. The number of aromatic nitrogens is 2. The molecule has 0 spiro atoms. The van der Waals surface area contributed by atoms with Gasteiger partial charge in [-0.15, -0.1) is 0 Å². The van der Waals surface area contributed by atoms with Crippen molar-refractivity contribution < 1.29 is 9.90 Å². The van der Waals surface area contributed by atoms with Crippen LogP contribution in [0.5, 0.6) is 0 Å². The molecule has 6 heteroatoms. The van der Waals surface area contributed by atoms with Crippen LogP contribution in [0.2, 0.25) is 0 Å². The predicted molar refractivity (Wildman–Crippen MR) is 43.9 cm³/mol. The second-order valence-corrected chi connectivity index (χ2v) is 2.91. The number of nitrogens with one attached hydrogen (secondary N) is 1. The summed E-state index contributed by atoms with van der Waals surface area (Å²) in [5.74, 6) is -0.301. The molecule has 1 aromatic rings. The lowest BCUT2D eigenvalue weighted by Gasteiger charge is -2.07. The van der Waals surface area contributed by atoms with Crippen LogP contribution in [0.4, 0.5) is 0 Å². The minimum absolute atomic E-state index is 0.0801. The fourth-order valence-corrected chi connectivity index (χ4v) is 1.02. The largest absolute Gasteiger partial charge is 0.394 e. The topological polar surface area (TPSA) is 75.1 Å². The lowest BCUT2D eigenvalue weighted by Crippen LogP contribution is -2.35. The second kappa shape index (κ2) is 4.13. The molecule has 66 valence electrons. The maximum Gasteiger partial charge on any atom is 0.272 e. The number of hydrogen-bond donors (Lipinski definition) is 2. The molecule has 1 heterocycles. The Morgan fingerprint density at radius 1 is 1.92 bits per heavy atom. The van der Waals surface area contributed by atoms with Gasteiger partial charge in [0.2, 0.25) is 0 Å². The van der Waals surface area contributed by atoms with Gasteiger partial charge in [0.25, 0.3) is 5.91 Å². The number of rotatable bonds is 3. The monoisotopic (exact) mass is 187 g/mol. The van der Waals surface area contributed by atoms with Gasteiger partial charge in [0.15, 0.2) is 5.69 Å². The Bertz CT molecular complexity index is 249. The van der Waals surface area contributed by atoms with E-state index >= 15 is 0 Å². The first-order valence-electron chi connectivity index (χ1n) is 3.43. The number of nitrogens with zero attached hydrogens (tertiary/aromatic N) is 2. The lowest BCUT2D eigenvalue weighted by atomic mass is 10.3. The highest BCUT2D eigenvalue weighted by molar-refractivity contribution is 6.99. The molecule has 1 amide bonds.